The zero-order valence-corrected chi connectivity index (χ0v) is 13.2. The third-order valence-corrected chi connectivity index (χ3v) is 4.33. The Hall–Kier alpha value is -2.88. The van der Waals surface area contributed by atoms with Gasteiger partial charge in [-0.25, -0.2) is 4.98 Å². The van der Waals surface area contributed by atoms with Crippen molar-refractivity contribution in [1.82, 2.24) is 14.5 Å². The molecule has 0 unspecified atom stereocenters. The quantitative estimate of drug-likeness (QED) is 0.693. The van der Waals surface area contributed by atoms with Gasteiger partial charge in [0.1, 0.15) is 5.82 Å². The van der Waals surface area contributed by atoms with Gasteiger partial charge in [0.2, 0.25) is 0 Å². The van der Waals surface area contributed by atoms with Crippen LogP contribution in [0, 0.1) is 0 Å². The number of allylic oxidation sites excluding steroid dienone is 1. The smallest absolute Gasteiger partial charge is 0.265 e. The first-order chi connectivity index (χ1) is 11.2. The largest absolute Gasteiger partial charge is 0.365 e. The lowest BCUT2D eigenvalue weighted by molar-refractivity contribution is 0.438. The highest BCUT2D eigenvalue weighted by molar-refractivity contribution is 5.85. The van der Waals surface area contributed by atoms with E-state index in [-0.39, 0.29) is 5.56 Å². The van der Waals surface area contributed by atoms with E-state index < -0.39 is 0 Å². The number of rotatable bonds is 1. The maximum atomic E-state index is 12.9. The van der Waals surface area contributed by atoms with Gasteiger partial charge in [0.15, 0.2) is 0 Å². The van der Waals surface area contributed by atoms with E-state index in [9.17, 15) is 4.79 Å². The van der Waals surface area contributed by atoms with E-state index in [0.29, 0.717) is 11.9 Å². The topological polar surface area (TPSA) is 38.1 Å². The van der Waals surface area contributed by atoms with Gasteiger partial charge in [0, 0.05) is 12.7 Å². The minimum Gasteiger partial charge on any atom is -0.365 e. The monoisotopic (exact) mass is 303 g/mol. The van der Waals surface area contributed by atoms with Gasteiger partial charge in [0.05, 0.1) is 23.1 Å². The van der Waals surface area contributed by atoms with Crippen molar-refractivity contribution >= 4 is 22.3 Å². The van der Waals surface area contributed by atoms with E-state index in [1.807, 2.05) is 56.4 Å². The lowest BCUT2D eigenvalue weighted by Gasteiger charge is -2.31. The van der Waals surface area contributed by atoms with Crippen LogP contribution in [0.4, 0.5) is 0 Å². The van der Waals surface area contributed by atoms with Gasteiger partial charge in [0.25, 0.3) is 5.56 Å². The number of aromatic nitrogens is 2. The number of fused-ring (bicyclic) bond motifs is 2. The highest BCUT2D eigenvalue weighted by atomic mass is 16.1. The molecule has 2 aromatic carbocycles. The maximum Gasteiger partial charge on any atom is 0.265 e. The van der Waals surface area contributed by atoms with Gasteiger partial charge in [-0.2, -0.15) is 0 Å². The van der Waals surface area contributed by atoms with Crippen molar-refractivity contribution in [2.45, 2.75) is 13.5 Å². The Balaban J connectivity index is 2.05. The van der Waals surface area contributed by atoms with Crippen molar-refractivity contribution in [3.05, 3.63) is 76.3 Å². The minimum absolute atomic E-state index is 0.00429. The zero-order chi connectivity index (χ0) is 16.0. The summed E-state index contributed by atoms with van der Waals surface area (Å²) in [4.78, 5) is 19.8. The molecule has 2 heterocycles. The summed E-state index contributed by atoms with van der Waals surface area (Å²) in [6.45, 7) is 2.60. The Kier molecular flexibility index (Phi) is 3.05. The fourth-order valence-electron chi connectivity index (χ4n) is 3.33. The van der Waals surface area contributed by atoms with Crippen LogP contribution in [0.15, 0.2) is 59.4 Å². The van der Waals surface area contributed by atoms with Crippen LogP contribution in [-0.4, -0.2) is 21.5 Å². The Morgan fingerprint density at radius 3 is 2.48 bits per heavy atom. The third kappa shape index (κ3) is 2.06. The van der Waals surface area contributed by atoms with Crippen molar-refractivity contribution in [1.29, 1.82) is 0 Å². The molecule has 0 atom stereocenters. The molecule has 0 fully saturated rings. The van der Waals surface area contributed by atoms with Crippen LogP contribution < -0.4 is 5.56 Å². The Morgan fingerprint density at radius 1 is 1.00 bits per heavy atom. The maximum absolute atomic E-state index is 12.9. The van der Waals surface area contributed by atoms with E-state index in [1.54, 1.807) is 4.57 Å². The molecule has 0 N–H and O–H groups in total. The van der Waals surface area contributed by atoms with E-state index in [2.05, 4.69) is 17.0 Å². The first kappa shape index (κ1) is 13.8. The molecular weight excluding hydrogens is 286 g/mol. The van der Waals surface area contributed by atoms with Crippen LogP contribution in [0.2, 0.25) is 0 Å². The molecule has 23 heavy (non-hydrogen) atoms. The molecule has 0 radical (unpaired) electrons. The Labute approximate surface area is 134 Å². The van der Waals surface area contributed by atoms with E-state index >= 15 is 0 Å². The third-order valence-electron chi connectivity index (χ3n) is 4.33. The normalized spacial score (nSPS) is 14.3. The van der Waals surface area contributed by atoms with Crippen LogP contribution in [0.1, 0.15) is 18.3 Å². The number of nitrogens with zero attached hydrogens (tertiary/aromatic N) is 3. The van der Waals surface area contributed by atoms with Crippen molar-refractivity contribution in [2.24, 2.45) is 0 Å². The van der Waals surface area contributed by atoms with Gasteiger partial charge in [-0.1, -0.05) is 42.5 Å². The SMILES string of the molecule is CC1=C(c2ccccc2)N(C)Cc2nc3ccccc3c(=O)n21. The second-order valence-electron chi connectivity index (χ2n) is 5.84. The summed E-state index contributed by atoms with van der Waals surface area (Å²) < 4.78 is 1.75. The summed E-state index contributed by atoms with van der Waals surface area (Å²) in [6.07, 6.45) is 0. The summed E-state index contributed by atoms with van der Waals surface area (Å²) in [5.41, 5.74) is 3.86. The lowest BCUT2D eigenvalue weighted by atomic mass is 10.1. The van der Waals surface area contributed by atoms with Crippen molar-refractivity contribution < 1.29 is 0 Å². The summed E-state index contributed by atoms with van der Waals surface area (Å²) in [5.74, 6) is 0.786. The summed E-state index contributed by atoms with van der Waals surface area (Å²) >= 11 is 0. The molecule has 114 valence electrons. The molecule has 1 aliphatic rings. The van der Waals surface area contributed by atoms with Gasteiger partial charge < -0.3 is 4.90 Å². The molecule has 4 heteroatoms. The van der Waals surface area contributed by atoms with Crippen LogP contribution in [0.25, 0.3) is 22.3 Å². The van der Waals surface area contributed by atoms with Crippen molar-refractivity contribution in [3.8, 4) is 0 Å². The Morgan fingerprint density at radius 2 is 1.70 bits per heavy atom. The summed E-state index contributed by atoms with van der Waals surface area (Å²) in [7, 11) is 2.04. The average Bonchev–Trinajstić information content (AvgIpc) is 2.55. The first-order valence-corrected chi connectivity index (χ1v) is 7.65. The van der Waals surface area contributed by atoms with Crippen LogP contribution in [0.5, 0.6) is 0 Å². The second-order valence-corrected chi connectivity index (χ2v) is 5.84. The molecule has 4 rings (SSSR count). The van der Waals surface area contributed by atoms with Crippen LogP contribution in [-0.2, 0) is 6.54 Å². The van der Waals surface area contributed by atoms with E-state index in [1.165, 1.54) is 0 Å². The molecule has 1 aliphatic heterocycles. The van der Waals surface area contributed by atoms with Crippen molar-refractivity contribution in [2.75, 3.05) is 7.05 Å². The van der Waals surface area contributed by atoms with E-state index in [0.717, 1.165) is 28.3 Å². The molecule has 0 amide bonds. The van der Waals surface area contributed by atoms with Crippen molar-refractivity contribution in [3.63, 3.8) is 0 Å². The standard InChI is InChI=1S/C19H17N3O/c1-13-18(14-8-4-3-5-9-14)21(2)12-17-20-16-11-7-6-10-15(16)19(23)22(13)17/h3-11H,12H2,1-2H3. The second kappa shape index (κ2) is 5.09. The molecule has 0 bridgehead atoms. The number of hydrogen-bond donors (Lipinski definition) is 0. The fourth-order valence-corrected chi connectivity index (χ4v) is 3.33. The molecule has 0 spiro atoms. The molecule has 0 saturated heterocycles. The molecule has 0 aliphatic carbocycles. The number of hydrogen-bond acceptors (Lipinski definition) is 3. The van der Waals surface area contributed by atoms with Crippen LogP contribution in [0.3, 0.4) is 0 Å². The number of benzene rings is 2. The fraction of sp³-hybridized carbons (Fsp3) is 0.158. The van der Waals surface area contributed by atoms with Gasteiger partial charge in [-0.15, -0.1) is 0 Å². The molecule has 0 saturated carbocycles. The predicted octanol–water partition coefficient (Wildman–Crippen LogP) is 3.19. The zero-order valence-electron chi connectivity index (χ0n) is 13.2. The predicted molar refractivity (Wildman–Crippen MR) is 92.7 cm³/mol. The Bertz CT molecular complexity index is 986. The highest BCUT2D eigenvalue weighted by Crippen LogP contribution is 2.30. The first-order valence-electron chi connectivity index (χ1n) is 7.65. The van der Waals surface area contributed by atoms with Gasteiger partial charge >= 0.3 is 0 Å². The average molecular weight is 303 g/mol. The minimum atomic E-state index is 0.00429. The summed E-state index contributed by atoms with van der Waals surface area (Å²) in [5, 5.41) is 0.660. The molecule has 1 aromatic heterocycles. The summed E-state index contributed by atoms with van der Waals surface area (Å²) in [6, 6.07) is 17.7. The molecular formula is C19H17N3O. The van der Waals surface area contributed by atoms with Gasteiger partial charge in [-0.3, -0.25) is 9.36 Å². The van der Waals surface area contributed by atoms with E-state index in [4.69, 9.17) is 4.98 Å². The van der Waals surface area contributed by atoms with Crippen LogP contribution >= 0.6 is 0 Å². The molecule has 4 nitrogen and oxygen atoms in total. The lowest BCUT2D eigenvalue weighted by Crippen LogP contribution is -2.34. The number of para-hydroxylation sites is 1. The molecule has 3 aromatic rings. The highest BCUT2D eigenvalue weighted by Gasteiger charge is 2.24. The van der Waals surface area contributed by atoms with Gasteiger partial charge in [-0.05, 0) is 24.6 Å².